The summed E-state index contributed by atoms with van der Waals surface area (Å²) in [5.74, 6) is 0. The first-order chi connectivity index (χ1) is 35.6. The molecule has 11 aromatic carbocycles. The molecule has 0 fully saturated rings. The zero-order valence-corrected chi connectivity index (χ0v) is 39.5. The molecular formula is C68H38N2OS. The maximum Gasteiger partial charge on any atom is 0.263 e. The quantitative estimate of drug-likeness (QED) is 0.162. The lowest BCUT2D eigenvalue weighted by Crippen LogP contribution is -2.25. The smallest absolute Gasteiger partial charge is 0.263 e. The van der Waals surface area contributed by atoms with Crippen molar-refractivity contribution in [3.05, 3.63) is 263 Å². The van der Waals surface area contributed by atoms with Crippen LogP contribution in [-0.4, -0.2) is 8.97 Å². The molecule has 2 aliphatic carbocycles. The molecule has 2 aliphatic rings. The summed E-state index contributed by atoms with van der Waals surface area (Å²) in [6, 6.07) is 85.0. The molecule has 15 aromatic rings. The number of rotatable bonds is 3. The Morgan fingerprint density at radius 1 is 0.319 bits per heavy atom. The van der Waals surface area contributed by atoms with Crippen LogP contribution >= 0.6 is 11.3 Å². The van der Waals surface area contributed by atoms with Gasteiger partial charge in [-0.15, -0.1) is 11.3 Å². The molecule has 0 radical (unpaired) electrons. The number of hydrogen-bond acceptors (Lipinski definition) is 2. The van der Waals surface area contributed by atoms with Crippen molar-refractivity contribution in [3.8, 4) is 50.2 Å². The molecule has 0 saturated heterocycles. The summed E-state index contributed by atoms with van der Waals surface area (Å²) in [5.41, 5.74) is 19.9. The van der Waals surface area contributed by atoms with Crippen molar-refractivity contribution in [2.24, 2.45) is 0 Å². The second kappa shape index (κ2) is 13.8. The molecule has 0 bridgehead atoms. The first-order valence-corrected chi connectivity index (χ1v) is 25.6. The Bertz CT molecular complexity index is 4910. The van der Waals surface area contributed by atoms with Crippen molar-refractivity contribution < 1.29 is 0 Å². The molecule has 0 N–H and O–H groups in total. The fraction of sp³-hybridized carbons (Fsp3) is 0.0147. The van der Waals surface area contributed by atoms with Crippen LogP contribution in [-0.2, 0) is 5.41 Å². The van der Waals surface area contributed by atoms with Crippen LogP contribution in [0.3, 0.4) is 0 Å². The van der Waals surface area contributed by atoms with Crippen molar-refractivity contribution in [3.63, 3.8) is 0 Å². The summed E-state index contributed by atoms with van der Waals surface area (Å²) < 4.78 is 7.03. The van der Waals surface area contributed by atoms with E-state index in [0.717, 1.165) is 71.4 Å². The standard InChI is InChI=1S/C68H38N2OS/c71-67-48-24-5-4-18-42(48)54-33-41(39-16-2-1-3-17-39)34-55-51-32-40(30-31-61(51)70(67)66(54)55)49-35-53-47-23-10-15-29-64(47)72-65(53)38-63(49)69-60-28-14-9-22-46(60)52-36-59-50(37-62(52)69)45-21-8-13-27-58(45)68(59)56-25-11-6-19-43(56)44-20-7-12-26-57(44)68/h1-38H. The minimum Gasteiger partial charge on any atom is -0.309 e. The molecule has 0 atom stereocenters. The van der Waals surface area contributed by atoms with Gasteiger partial charge in [0.2, 0.25) is 0 Å². The molecule has 72 heavy (non-hydrogen) atoms. The van der Waals surface area contributed by atoms with E-state index in [1.165, 1.54) is 81.0 Å². The average Bonchev–Trinajstić information content (AvgIpc) is 4.22. The number of para-hydroxylation sites is 1. The molecular weight excluding hydrogens is 893 g/mol. The first-order valence-electron chi connectivity index (χ1n) is 24.8. The van der Waals surface area contributed by atoms with Crippen LogP contribution in [0.5, 0.6) is 0 Å². The Labute approximate surface area is 416 Å². The van der Waals surface area contributed by atoms with Gasteiger partial charge in [-0.1, -0.05) is 164 Å². The van der Waals surface area contributed by atoms with Gasteiger partial charge >= 0.3 is 0 Å². The second-order valence-corrected chi connectivity index (χ2v) is 20.9. The minimum atomic E-state index is -0.448. The minimum absolute atomic E-state index is 0.0101. The highest BCUT2D eigenvalue weighted by Crippen LogP contribution is 2.63. The van der Waals surface area contributed by atoms with E-state index >= 15 is 0 Å². The molecule has 4 aromatic heterocycles. The summed E-state index contributed by atoms with van der Waals surface area (Å²) in [4.78, 5) is 14.7. The van der Waals surface area contributed by atoms with Crippen LogP contribution in [0.25, 0.3) is 130 Å². The summed E-state index contributed by atoms with van der Waals surface area (Å²) in [6.07, 6.45) is 0. The Balaban J connectivity index is 0.986. The van der Waals surface area contributed by atoms with Crippen molar-refractivity contribution in [1.29, 1.82) is 0 Å². The van der Waals surface area contributed by atoms with E-state index in [4.69, 9.17) is 0 Å². The van der Waals surface area contributed by atoms with E-state index < -0.39 is 5.41 Å². The van der Waals surface area contributed by atoms with Gasteiger partial charge in [0.05, 0.1) is 33.2 Å². The van der Waals surface area contributed by atoms with Gasteiger partial charge < -0.3 is 4.57 Å². The lowest BCUT2D eigenvalue weighted by molar-refractivity contribution is 0.795. The van der Waals surface area contributed by atoms with Crippen LogP contribution in [0.1, 0.15) is 22.3 Å². The van der Waals surface area contributed by atoms with Crippen LogP contribution in [0, 0.1) is 0 Å². The van der Waals surface area contributed by atoms with Crippen molar-refractivity contribution >= 4 is 91.3 Å². The summed E-state index contributed by atoms with van der Waals surface area (Å²) in [5, 5.41) is 9.87. The van der Waals surface area contributed by atoms with Crippen molar-refractivity contribution in [1.82, 2.24) is 8.97 Å². The fourth-order valence-electron chi connectivity index (χ4n) is 13.5. The van der Waals surface area contributed by atoms with Gasteiger partial charge in [0.1, 0.15) is 0 Å². The predicted molar refractivity (Wildman–Crippen MR) is 302 cm³/mol. The molecule has 0 saturated carbocycles. The van der Waals surface area contributed by atoms with Crippen molar-refractivity contribution in [2.75, 3.05) is 0 Å². The number of aromatic nitrogens is 2. The number of nitrogens with zero attached hydrogens (tertiary/aromatic N) is 2. The zero-order chi connectivity index (χ0) is 47.0. The average molecular weight is 931 g/mol. The van der Waals surface area contributed by atoms with Crippen LogP contribution < -0.4 is 5.56 Å². The number of benzene rings is 11. The van der Waals surface area contributed by atoms with Crippen LogP contribution in [0.15, 0.2) is 235 Å². The normalized spacial score (nSPS) is 13.4. The third-order valence-electron chi connectivity index (χ3n) is 16.5. The third-order valence-corrected chi connectivity index (χ3v) is 17.6. The van der Waals surface area contributed by atoms with Crippen LogP contribution in [0.4, 0.5) is 0 Å². The van der Waals surface area contributed by atoms with Gasteiger partial charge in [-0.3, -0.25) is 9.20 Å². The van der Waals surface area contributed by atoms with Crippen LogP contribution in [0.2, 0.25) is 0 Å². The number of fused-ring (bicyclic) bond motifs is 21. The highest BCUT2D eigenvalue weighted by atomic mass is 32.1. The van der Waals surface area contributed by atoms with E-state index in [1.54, 1.807) is 0 Å². The van der Waals surface area contributed by atoms with Gasteiger partial charge in [0.25, 0.3) is 5.56 Å². The second-order valence-electron chi connectivity index (χ2n) is 19.8. The SMILES string of the molecule is O=c1c2ccccc2c2cc(-c3ccccc3)cc3c4cc(-c5cc6c(cc5-n5c7ccccc7c7cc8c(cc75)-c5ccccc5C85c7ccccc7-c7ccccc75)sc5ccccc56)ccc4n1c23. The molecule has 0 aliphatic heterocycles. The first kappa shape index (κ1) is 38.7. The maximum atomic E-state index is 14.7. The van der Waals surface area contributed by atoms with Gasteiger partial charge in [-0.05, 0) is 133 Å². The molecule has 4 heteroatoms. The van der Waals surface area contributed by atoms with Gasteiger partial charge in [-0.2, -0.15) is 0 Å². The lowest BCUT2D eigenvalue weighted by Gasteiger charge is -2.30. The summed E-state index contributed by atoms with van der Waals surface area (Å²) in [7, 11) is 0. The van der Waals surface area contributed by atoms with Gasteiger partial charge in [0, 0.05) is 58.1 Å². The lowest BCUT2D eigenvalue weighted by atomic mass is 9.70. The Morgan fingerprint density at radius 2 is 0.903 bits per heavy atom. The third kappa shape index (κ3) is 4.78. The highest BCUT2D eigenvalue weighted by molar-refractivity contribution is 7.25. The highest BCUT2D eigenvalue weighted by Gasteiger charge is 2.51. The summed E-state index contributed by atoms with van der Waals surface area (Å²) >= 11 is 1.86. The molecule has 332 valence electrons. The molecule has 0 unspecified atom stereocenters. The molecule has 0 amide bonds. The topological polar surface area (TPSA) is 26.4 Å². The summed E-state index contributed by atoms with van der Waals surface area (Å²) in [6.45, 7) is 0. The van der Waals surface area contributed by atoms with E-state index in [1.807, 2.05) is 33.9 Å². The van der Waals surface area contributed by atoms with E-state index in [9.17, 15) is 4.79 Å². The molecule has 4 heterocycles. The molecule has 1 spiro atoms. The van der Waals surface area contributed by atoms with Crippen molar-refractivity contribution in [2.45, 2.75) is 5.41 Å². The van der Waals surface area contributed by atoms with Gasteiger partial charge in [0.15, 0.2) is 0 Å². The predicted octanol–water partition coefficient (Wildman–Crippen LogP) is 17.3. The number of thiophene rings is 1. The Hall–Kier alpha value is -9.09. The zero-order valence-electron chi connectivity index (χ0n) is 38.7. The maximum absolute atomic E-state index is 14.7. The number of pyridine rings is 1. The Morgan fingerprint density at radius 3 is 1.65 bits per heavy atom. The van der Waals surface area contributed by atoms with E-state index in [-0.39, 0.29) is 5.56 Å². The van der Waals surface area contributed by atoms with E-state index in [2.05, 4.69) is 217 Å². The monoisotopic (exact) mass is 930 g/mol. The Kier molecular flexibility index (Phi) is 7.43. The fourth-order valence-corrected chi connectivity index (χ4v) is 14.7. The number of hydrogen-bond donors (Lipinski definition) is 0. The van der Waals surface area contributed by atoms with E-state index in [0.29, 0.717) is 0 Å². The largest absolute Gasteiger partial charge is 0.309 e. The van der Waals surface area contributed by atoms with Gasteiger partial charge in [-0.25, -0.2) is 0 Å². The molecule has 17 rings (SSSR count). The molecule has 3 nitrogen and oxygen atoms in total.